The van der Waals surface area contributed by atoms with E-state index >= 15 is 0 Å². The molecule has 0 fully saturated rings. The van der Waals surface area contributed by atoms with Gasteiger partial charge in [-0.25, -0.2) is 0 Å². The molecule has 0 saturated heterocycles. The number of hydrogen-bond acceptors (Lipinski definition) is 3. The molecule has 0 spiro atoms. The summed E-state index contributed by atoms with van der Waals surface area (Å²) in [6.07, 6.45) is 3.93. The van der Waals surface area contributed by atoms with E-state index in [1.807, 2.05) is 0 Å². The van der Waals surface area contributed by atoms with Gasteiger partial charge in [-0.15, -0.1) is 0 Å². The molecule has 98 valence electrons. The smallest absolute Gasteiger partial charge is 0.0589 e. The van der Waals surface area contributed by atoms with Gasteiger partial charge in [-0.2, -0.15) is 0 Å². The van der Waals surface area contributed by atoms with Crippen LogP contribution in [0.1, 0.15) is 40.0 Å². The normalized spacial score (nSPS) is 13.3. The van der Waals surface area contributed by atoms with E-state index in [0.29, 0.717) is 6.04 Å². The first-order chi connectivity index (χ1) is 7.76. The van der Waals surface area contributed by atoms with Gasteiger partial charge in [-0.1, -0.05) is 26.7 Å². The second-order valence-corrected chi connectivity index (χ2v) is 4.38. The Morgan fingerprint density at radius 2 is 2.00 bits per heavy atom. The first-order valence-corrected chi connectivity index (χ1v) is 6.69. The first-order valence-electron chi connectivity index (χ1n) is 6.69. The van der Waals surface area contributed by atoms with Gasteiger partial charge < -0.3 is 10.1 Å². The second-order valence-electron chi connectivity index (χ2n) is 4.38. The number of nitrogens with one attached hydrogen (secondary N) is 1. The lowest BCUT2D eigenvalue weighted by Gasteiger charge is -2.27. The first kappa shape index (κ1) is 15.9. The van der Waals surface area contributed by atoms with Gasteiger partial charge in [0.1, 0.15) is 0 Å². The Kier molecular flexibility index (Phi) is 11.3. The van der Waals surface area contributed by atoms with E-state index in [0.717, 1.165) is 32.8 Å². The molecule has 1 atom stereocenters. The molecule has 1 unspecified atom stereocenters. The summed E-state index contributed by atoms with van der Waals surface area (Å²) in [5.74, 6) is 0. The summed E-state index contributed by atoms with van der Waals surface area (Å²) in [4.78, 5) is 2.45. The molecule has 16 heavy (non-hydrogen) atoms. The summed E-state index contributed by atoms with van der Waals surface area (Å²) in [6, 6.07) is 0.599. The SMILES string of the molecule is CCCCCNCC(C)N(CC)CCOC. The number of likely N-dealkylation sites (N-methyl/N-ethyl adjacent to an activating group) is 1. The number of unbranched alkanes of at least 4 members (excludes halogenated alkanes) is 2. The van der Waals surface area contributed by atoms with Crippen molar-refractivity contribution in [3.63, 3.8) is 0 Å². The van der Waals surface area contributed by atoms with Crippen molar-refractivity contribution in [1.82, 2.24) is 10.2 Å². The van der Waals surface area contributed by atoms with E-state index in [4.69, 9.17) is 4.74 Å². The van der Waals surface area contributed by atoms with E-state index in [9.17, 15) is 0 Å². The van der Waals surface area contributed by atoms with Crippen LogP contribution < -0.4 is 5.32 Å². The second kappa shape index (κ2) is 11.4. The summed E-state index contributed by atoms with van der Waals surface area (Å²) in [6.45, 7) is 11.9. The fourth-order valence-corrected chi connectivity index (χ4v) is 1.84. The predicted molar refractivity (Wildman–Crippen MR) is 71.0 cm³/mol. The van der Waals surface area contributed by atoms with Gasteiger partial charge in [0, 0.05) is 26.2 Å². The monoisotopic (exact) mass is 230 g/mol. The minimum atomic E-state index is 0.599. The van der Waals surface area contributed by atoms with Gasteiger partial charge in [-0.3, -0.25) is 4.90 Å². The van der Waals surface area contributed by atoms with Crippen molar-refractivity contribution in [1.29, 1.82) is 0 Å². The molecule has 0 heterocycles. The Morgan fingerprint density at radius 3 is 2.56 bits per heavy atom. The molecule has 0 aromatic heterocycles. The zero-order valence-corrected chi connectivity index (χ0v) is 11.6. The Hall–Kier alpha value is -0.120. The number of ether oxygens (including phenoxy) is 1. The molecule has 0 bridgehead atoms. The van der Waals surface area contributed by atoms with Crippen molar-refractivity contribution >= 4 is 0 Å². The van der Waals surface area contributed by atoms with Crippen LogP contribution in [0.4, 0.5) is 0 Å². The highest BCUT2D eigenvalue weighted by Gasteiger charge is 2.10. The topological polar surface area (TPSA) is 24.5 Å². The van der Waals surface area contributed by atoms with Crippen LogP contribution in [-0.2, 0) is 4.74 Å². The third-order valence-corrected chi connectivity index (χ3v) is 3.01. The molecular weight excluding hydrogens is 200 g/mol. The van der Waals surface area contributed by atoms with Crippen molar-refractivity contribution in [2.75, 3.05) is 39.9 Å². The van der Waals surface area contributed by atoms with Gasteiger partial charge in [-0.05, 0) is 26.4 Å². The number of rotatable bonds is 11. The van der Waals surface area contributed by atoms with Crippen molar-refractivity contribution in [3.05, 3.63) is 0 Å². The summed E-state index contributed by atoms with van der Waals surface area (Å²) in [7, 11) is 1.77. The van der Waals surface area contributed by atoms with E-state index in [1.165, 1.54) is 19.3 Å². The average Bonchev–Trinajstić information content (AvgIpc) is 2.30. The molecule has 0 aliphatic rings. The lowest BCUT2D eigenvalue weighted by atomic mass is 10.2. The fourth-order valence-electron chi connectivity index (χ4n) is 1.84. The minimum absolute atomic E-state index is 0.599. The highest BCUT2D eigenvalue weighted by Crippen LogP contribution is 1.98. The molecule has 0 radical (unpaired) electrons. The third-order valence-electron chi connectivity index (χ3n) is 3.01. The molecule has 1 N–H and O–H groups in total. The van der Waals surface area contributed by atoms with Crippen LogP contribution in [-0.4, -0.2) is 50.8 Å². The summed E-state index contributed by atoms with van der Waals surface area (Å²) >= 11 is 0. The lowest BCUT2D eigenvalue weighted by molar-refractivity contribution is 0.128. The van der Waals surface area contributed by atoms with Crippen LogP contribution >= 0.6 is 0 Å². The van der Waals surface area contributed by atoms with E-state index < -0.39 is 0 Å². The largest absolute Gasteiger partial charge is 0.383 e. The molecule has 3 nitrogen and oxygen atoms in total. The number of nitrogens with zero attached hydrogens (tertiary/aromatic N) is 1. The van der Waals surface area contributed by atoms with Crippen LogP contribution in [0.3, 0.4) is 0 Å². The highest BCUT2D eigenvalue weighted by atomic mass is 16.5. The zero-order chi connectivity index (χ0) is 12.2. The maximum absolute atomic E-state index is 5.12. The highest BCUT2D eigenvalue weighted by molar-refractivity contribution is 4.68. The Balaban J connectivity index is 3.54. The average molecular weight is 230 g/mol. The summed E-state index contributed by atoms with van der Waals surface area (Å²) in [5, 5.41) is 3.53. The van der Waals surface area contributed by atoms with Gasteiger partial charge in [0.2, 0.25) is 0 Å². The molecular formula is C13H30N2O. The molecule has 0 aliphatic heterocycles. The Labute approximate surface area is 102 Å². The number of hydrogen-bond donors (Lipinski definition) is 1. The number of methoxy groups -OCH3 is 1. The van der Waals surface area contributed by atoms with Crippen LogP contribution in [0.15, 0.2) is 0 Å². The summed E-state index contributed by atoms with van der Waals surface area (Å²) < 4.78 is 5.12. The lowest BCUT2D eigenvalue weighted by Crippen LogP contribution is -2.42. The molecule has 0 saturated carbocycles. The Bertz CT molecular complexity index is 142. The maximum atomic E-state index is 5.12. The van der Waals surface area contributed by atoms with Crippen LogP contribution in [0.2, 0.25) is 0 Å². The zero-order valence-electron chi connectivity index (χ0n) is 11.6. The van der Waals surface area contributed by atoms with Crippen molar-refractivity contribution in [3.8, 4) is 0 Å². The van der Waals surface area contributed by atoms with Gasteiger partial charge in [0.15, 0.2) is 0 Å². The van der Waals surface area contributed by atoms with Crippen molar-refractivity contribution in [2.45, 2.75) is 46.1 Å². The van der Waals surface area contributed by atoms with E-state index in [-0.39, 0.29) is 0 Å². The van der Waals surface area contributed by atoms with E-state index in [1.54, 1.807) is 7.11 Å². The quantitative estimate of drug-likeness (QED) is 0.550. The molecule has 0 aromatic carbocycles. The van der Waals surface area contributed by atoms with Gasteiger partial charge >= 0.3 is 0 Å². The molecule has 0 aliphatic carbocycles. The predicted octanol–water partition coefficient (Wildman–Crippen LogP) is 2.12. The molecule has 0 amide bonds. The fraction of sp³-hybridized carbons (Fsp3) is 1.00. The van der Waals surface area contributed by atoms with Gasteiger partial charge in [0.05, 0.1) is 6.61 Å². The van der Waals surface area contributed by atoms with Crippen LogP contribution in [0.25, 0.3) is 0 Å². The van der Waals surface area contributed by atoms with E-state index in [2.05, 4.69) is 31.0 Å². The molecule has 0 aromatic rings. The van der Waals surface area contributed by atoms with Crippen LogP contribution in [0, 0.1) is 0 Å². The molecule has 3 heteroatoms. The van der Waals surface area contributed by atoms with Crippen molar-refractivity contribution < 1.29 is 4.74 Å². The minimum Gasteiger partial charge on any atom is -0.383 e. The van der Waals surface area contributed by atoms with Crippen molar-refractivity contribution in [2.24, 2.45) is 0 Å². The standard InChI is InChI=1S/C13H30N2O/c1-5-7-8-9-14-12-13(3)15(6-2)10-11-16-4/h13-14H,5-12H2,1-4H3. The third kappa shape index (κ3) is 8.08. The Morgan fingerprint density at radius 1 is 1.25 bits per heavy atom. The summed E-state index contributed by atoms with van der Waals surface area (Å²) in [5.41, 5.74) is 0. The maximum Gasteiger partial charge on any atom is 0.0589 e. The molecule has 0 rings (SSSR count). The van der Waals surface area contributed by atoms with Gasteiger partial charge in [0.25, 0.3) is 0 Å². The van der Waals surface area contributed by atoms with Crippen LogP contribution in [0.5, 0.6) is 0 Å².